The summed E-state index contributed by atoms with van der Waals surface area (Å²) in [5.74, 6) is 1.98. The molecule has 1 aromatic rings. The maximum absolute atomic E-state index is 12.0. The van der Waals surface area contributed by atoms with Crippen LogP contribution >= 0.6 is 0 Å². The van der Waals surface area contributed by atoms with Crippen LogP contribution in [0.25, 0.3) is 0 Å². The summed E-state index contributed by atoms with van der Waals surface area (Å²) in [5.41, 5.74) is -0.710. The van der Waals surface area contributed by atoms with Gasteiger partial charge in [-0.05, 0) is 44.7 Å². The Morgan fingerprint density at radius 3 is 2.80 bits per heavy atom. The standard InChI is InChI=1S/C15H21N3O2/c1-11-4-7-13(20-11)8-18(3)9-14(19)17-15(2,10-16)12-5-6-12/h4,7,12H,5-6,8-9H2,1-3H3,(H,17,19)/p+1/t15-/m0/s1. The van der Waals surface area contributed by atoms with Crippen LogP contribution in [0.5, 0.6) is 0 Å². The molecule has 5 heteroatoms. The van der Waals surface area contributed by atoms with Gasteiger partial charge in [0.25, 0.3) is 5.91 Å². The third-order valence-corrected chi connectivity index (χ3v) is 3.76. The molecule has 108 valence electrons. The van der Waals surface area contributed by atoms with E-state index in [9.17, 15) is 10.1 Å². The fraction of sp³-hybridized carbons (Fsp3) is 0.600. The lowest BCUT2D eigenvalue weighted by Crippen LogP contribution is -3.09. The van der Waals surface area contributed by atoms with Crippen LogP contribution in [0.15, 0.2) is 16.5 Å². The second-order valence-electron chi connectivity index (χ2n) is 5.96. The fourth-order valence-electron chi connectivity index (χ4n) is 2.43. The Labute approximate surface area is 119 Å². The number of carbonyl (C=O) groups is 1. The minimum absolute atomic E-state index is 0.0817. The minimum atomic E-state index is -0.710. The smallest absolute Gasteiger partial charge is 0.276 e. The number of furan rings is 1. The van der Waals surface area contributed by atoms with Crippen molar-refractivity contribution in [2.24, 2.45) is 5.92 Å². The Morgan fingerprint density at radius 1 is 1.60 bits per heavy atom. The zero-order valence-corrected chi connectivity index (χ0v) is 12.3. The number of carbonyl (C=O) groups excluding carboxylic acids is 1. The van der Waals surface area contributed by atoms with E-state index in [0.717, 1.165) is 29.3 Å². The molecule has 2 rings (SSSR count). The predicted octanol–water partition coefficient (Wildman–Crippen LogP) is 0.411. The van der Waals surface area contributed by atoms with Gasteiger partial charge in [0.2, 0.25) is 0 Å². The number of hydrogen-bond acceptors (Lipinski definition) is 3. The largest absolute Gasteiger partial charge is 0.460 e. The highest BCUT2D eigenvalue weighted by Crippen LogP contribution is 2.39. The number of likely N-dealkylation sites (N-methyl/N-ethyl adjacent to an activating group) is 1. The van der Waals surface area contributed by atoms with E-state index in [1.165, 1.54) is 0 Å². The summed E-state index contributed by atoms with van der Waals surface area (Å²) in [6, 6.07) is 6.09. The number of nitrogens with zero attached hydrogens (tertiary/aromatic N) is 1. The van der Waals surface area contributed by atoms with Crippen LogP contribution in [0.4, 0.5) is 0 Å². The highest BCUT2D eigenvalue weighted by Gasteiger charge is 2.43. The van der Waals surface area contributed by atoms with E-state index in [1.807, 2.05) is 33.0 Å². The van der Waals surface area contributed by atoms with Crippen LogP contribution in [0.1, 0.15) is 31.3 Å². The fourth-order valence-corrected chi connectivity index (χ4v) is 2.43. The molecule has 0 spiro atoms. The summed E-state index contributed by atoms with van der Waals surface area (Å²) in [4.78, 5) is 13.1. The average Bonchev–Trinajstić information content (AvgIpc) is 3.14. The number of nitriles is 1. The lowest BCUT2D eigenvalue weighted by atomic mass is 9.98. The molecule has 0 radical (unpaired) electrons. The van der Waals surface area contributed by atoms with E-state index in [0.29, 0.717) is 19.0 Å². The quantitative estimate of drug-likeness (QED) is 0.790. The van der Waals surface area contributed by atoms with Crippen molar-refractivity contribution in [2.45, 2.75) is 38.8 Å². The van der Waals surface area contributed by atoms with Gasteiger partial charge in [-0.3, -0.25) is 4.79 Å². The van der Waals surface area contributed by atoms with Gasteiger partial charge in [0.05, 0.1) is 13.1 Å². The summed E-state index contributed by atoms with van der Waals surface area (Å²) in [5, 5.41) is 12.1. The first-order valence-corrected chi connectivity index (χ1v) is 7.02. The molecule has 1 saturated carbocycles. The molecular formula is C15H22N3O2+. The molecule has 2 N–H and O–H groups in total. The van der Waals surface area contributed by atoms with Gasteiger partial charge in [-0.25, -0.2) is 0 Å². The number of nitrogens with one attached hydrogen (secondary N) is 2. The van der Waals surface area contributed by atoms with E-state index in [-0.39, 0.29) is 5.91 Å². The summed E-state index contributed by atoms with van der Waals surface area (Å²) in [7, 11) is 1.94. The zero-order chi connectivity index (χ0) is 14.8. The van der Waals surface area contributed by atoms with E-state index in [4.69, 9.17) is 4.42 Å². The minimum Gasteiger partial charge on any atom is -0.460 e. The number of quaternary nitrogens is 1. The Bertz CT molecular complexity index is 527. The van der Waals surface area contributed by atoms with Crippen molar-refractivity contribution in [3.05, 3.63) is 23.7 Å². The molecule has 1 unspecified atom stereocenters. The van der Waals surface area contributed by atoms with E-state index in [1.54, 1.807) is 0 Å². The highest BCUT2D eigenvalue weighted by atomic mass is 16.3. The highest BCUT2D eigenvalue weighted by molar-refractivity contribution is 5.78. The van der Waals surface area contributed by atoms with E-state index >= 15 is 0 Å². The first-order valence-electron chi connectivity index (χ1n) is 7.02. The molecule has 1 aliphatic rings. The third-order valence-electron chi connectivity index (χ3n) is 3.76. The lowest BCUT2D eigenvalue weighted by Gasteiger charge is -2.23. The van der Waals surface area contributed by atoms with Gasteiger partial charge in [-0.15, -0.1) is 0 Å². The molecule has 0 aliphatic heterocycles. The first kappa shape index (κ1) is 14.6. The van der Waals surface area contributed by atoms with Gasteiger partial charge in [0.1, 0.15) is 17.8 Å². The van der Waals surface area contributed by atoms with Gasteiger partial charge in [0.15, 0.2) is 12.3 Å². The summed E-state index contributed by atoms with van der Waals surface area (Å²) >= 11 is 0. The summed E-state index contributed by atoms with van der Waals surface area (Å²) < 4.78 is 5.50. The third kappa shape index (κ3) is 3.61. The second-order valence-corrected chi connectivity index (χ2v) is 5.96. The zero-order valence-electron chi connectivity index (χ0n) is 12.3. The van der Waals surface area contributed by atoms with Crippen LogP contribution in [0.3, 0.4) is 0 Å². The lowest BCUT2D eigenvalue weighted by molar-refractivity contribution is -0.886. The number of aryl methyl sites for hydroxylation is 1. The molecule has 1 fully saturated rings. The van der Waals surface area contributed by atoms with Crippen LogP contribution in [-0.4, -0.2) is 25.0 Å². The van der Waals surface area contributed by atoms with Gasteiger partial charge in [0, 0.05) is 0 Å². The predicted molar refractivity (Wildman–Crippen MR) is 73.8 cm³/mol. The molecule has 20 heavy (non-hydrogen) atoms. The van der Waals surface area contributed by atoms with Crippen molar-refractivity contribution in [3.63, 3.8) is 0 Å². The van der Waals surface area contributed by atoms with Crippen molar-refractivity contribution in [3.8, 4) is 6.07 Å². The maximum atomic E-state index is 12.0. The van der Waals surface area contributed by atoms with E-state index in [2.05, 4.69) is 11.4 Å². The van der Waals surface area contributed by atoms with Crippen LogP contribution in [0, 0.1) is 24.2 Å². The molecule has 1 aliphatic carbocycles. The number of rotatable bonds is 6. The van der Waals surface area contributed by atoms with Gasteiger partial charge >= 0.3 is 0 Å². The molecule has 0 bridgehead atoms. The Hall–Kier alpha value is -1.80. The molecular weight excluding hydrogens is 254 g/mol. The molecule has 0 saturated heterocycles. The Kier molecular flexibility index (Phi) is 4.15. The molecule has 2 atom stereocenters. The monoisotopic (exact) mass is 276 g/mol. The van der Waals surface area contributed by atoms with Crippen molar-refractivity contribution in [2.75, 3.05) is 13.6 Å². The SMILES string of the molecule is Cc1ccc(C[NH+](C)CC(=O)N[C@@](C)(C#N)C2CC2)o1. The van der Waals surface area contributed by atoms with Crippen LogP contribution in [-0.2, 0) is 11.3 Å². The van der Waals surface area contributed by atoms with Crippen LogP contribution < -0.4 is 10.2 Å². The maximum Gasteiger partial charge on any atom is 0.276 e. The topological polar surface area (TPSA) is 70.5 Å². The first-order chi connectivity index (χ1) is 9.43. The summed E-state index contributed by atoms with van der Waals surface area (Å²) in [6.07, 6.45) is 2.05. The Balaban J connectivity index is 1.83. The number of amides is 1. The van der Waals surface area contributed by atoms with Crippen molar-refractivity contribution >= 4 is 5.91 Å². The number of hydrogen-bond donors (Lipinski definition) is 2. The Morgan fingerprint density at radius 2 is 2.30 bits per heavy atom. The molecule has 1 amide bonds. The molecule has 5 nitrogen and oxygen atoms in total. The molecule has 0 aromatic carbocycles. The van der Waals surface area contributed by atoms with Gasteiger partial charge in [-0.2, -0.15) is 5.26 Å². The van der Waals surface area contributed by atoms with Gasteiger partial charge < -0.3 is 14.6 Å². The molecule has 1 heterocycles. The van der Waals surface area contributed by atoms with Gasteiger partial charge in [-0.1, -0.05) is 0 Å². The average molecular weight is 276 g/mol. The van der Waals surface area contributed by atoms with Crippen LogP contribution in [0.2, 0.25) is 0 Å². The normalized spacial score (nSPS) is 18.9. The van der Waals surface area contributed by atoms with Crippen molar-refractivity contribution in [1.82, 2.24) is 5.32 Å². The molecule has 1 aromatic heterocycles. The van der Waals surface area contributed by atoms with Crippen molar-refractivity contribution in [1.29, 1.82) is 5.26 Å². The second kappa shape index (κ2) is 5.68. The van der Waals surface area contributed by atoms with E-state index < -0.39 is 5.54 Å². The summed E-state index contributed by atoms with van der Waals surface area (Å²) in [6.45, 7) is 4.71. The van der Waals surface area contributed by atoms with Crippen molar-refractivity contribution < 1.29 is 14.1 Å².